The molecule has 0 spiro atoms. The Labute approximate surface area is 194 Å². The number of benzene rings is 2. The van der Waals surface area contributed by atoms with E-state index in [0.29, 0.717) is 25.1 Å². The van der Waals surface area contributed by atoms with Crippen LogP contribution in [0.4, 0.5) is 0 Å². The highest BCUT2D eigenvalue weighted by Crippen LogP contribution is 2.24. The third-order valence-corrected chi connectivity index (χ3v) is 5.90. The molecule has 1 aromatic heterocycles. The number of carboxylic acid groups (broad SMARTS) is 1. The van der Waals surface area contributed by atoms with Crippen LogP contribution in [0, 0.1) is 6.92 Å². The van der Waals surface area contributed by atoms with Gasteiger partial charge in [-0.3, -0.25) is 4.57 Å². The average molecular weight is 452 g/mol. The Balaban J connectivity index is 1.57. The molecule has 0 amide bonds. The van der Waals surface area contributed by atoms with Crippen LogP contribution in [-0.2, 0) is 31.2 Å². The van der Waals surface area contributed by atoms with Gasteiger partial charge in [0.05, 0.1) is 6.54 Å². The Hall–Kier alpha value is -3.35. The maximum Gasteiger partial charge on any atom is 0.347 e. The van der Waals surface area contributed by atoms with Gasteiger partial charge in [0, 0.05) is 13.5 Å². The first-order valence-electron chi connectivity index (χ1n) is 11.4. The van der Waals surface area contributed by atoms with Gasteiger partial charge in [-0.1, -0.05) is 55.3 Å². The van der Waals surface area contributed by atoms with E-state index in [1.54, 1.807) is 18.5 Å². The number of ether oxygens (including phenoxy) is 1. The zero-order chi connectivity index (χ0) is 24.0. The smallest absolute Gasteiger partial charge is 0.347 e. The topological polar surface area (TPSA) is 86.4 Å². The SMILES string of the molecule is CCCC(C)(Oc1ccc(CCCc2nn(Cc3ccc(C)cc3)c(=O)n2C)cc1)C(=O)O. The molecule has 0 aliphatic carbocycles. The van der Waals surface area contributed by atoms with E-state index in [2.05, 4.69) is 5.10 Å². The highest BCUT2D eigenvalue weighted by atomic mass is 16.5. The van der Waals surface area contributed by atoms with Crippen LogP contribution in [0.2, 0.25) is 0 Å². The zero-order valence-electron chi connectivity index (χ0n) is 19.9. The molecule has 0 saturated carbocycles. The molecule has 7 heteroatoms. The zero-order valence-corrected chi connectivity index (χ0v) is 19.9. The summed E-state index contributed by atoms with van der Waals surface area (Å²) in [7, 11) is 1.76. The van der Waals surface area contributed by atoms with Gasteiger partial charge in [0.25, 0.3) is 0 Å². The Morgan fingerprint density at radius 1 is 1.06 bits per heavy atom. The molecule has 0 radical (unpaired) electrons. The molecule has 1 atom stereocenters. The van der Waals surface area contributed by atoms with E-state index >= 15 is 0 Å². The number of rotatable bonds is 11. The van der Waals surface area contributed by atoms with E-state index in [1.807, 2.05) is 62.4 Å². The second-order valence-electron chi connectivity index (χ2n) is 8.79. The van der Waals surface area contributed by atoms with Gasteiger partial charge in [-0.25, -0.2) is 14.3 Å². The van der Waals surface area contributed by atoms with E-state index < -0.39 is 11.6 Å². The molecule has 33 heavy (non-hydrogen) atoms. The summed E-state index contributed by atoms with van der Waals surface area (Å²) in [5.74, 6) is 0.360. The van der Waals surface area contributed by atoms with Crippen LogP contribution in [0.3, 0.4) is 0 Å². The predicted molar refractivity (Wildman–Crippen MR) is 128 cm³/mol. The molecule has 2 aromatic carbocycles. The predicted octanol–water partition coefficient (Wildman–Crippen LogP) is 4.14. The van der Waals surface area contributed by atoms with Gasteiger partial charge in [0.1, 0.15) is 11.6 Å². The van der Waals surface area contributed by atoms with Gasteiger partial charge in [-0.2, -0.15) is 5.10 Å². The van der Waals surface area contributed by atoms with E-state index in [9.17, 15) is 14.7 Å². The van der Waals surface area contributed by atoms with Crippen molar-refractivity contribution in [1.82, 2.24) is 14.3 Å². The minimum atomic E-state index is -1.22. The molecule has 3 aromatic rings. The summed E-state index contributed by atoms with van der Waals surface area (Å²) in [6.45, 7) is 6.04. The molecule has 0 fully saturated rings. The quantitative estimate of drug-likeness (QED) is 0.474. The van der Waals surface area contributed by atoms with Crippen LogP contribution in [0.25, 0.3) is 0 Å². The summed E-state index contributed by atoms with van der Waals surface area (Å²) in [5.41, 5.74) is 2.02. The highest BCUT2D eigenvalue weighted by molar-refractivity contribution is 5.77. The number of aromatic nitrogens is 3. The fourth-order valence-electron chi connectivity index (χ4n) is 3.83. The number of carboxylic acids is 1. The summed E-state index contributed by atoms with van der Waals surface area (Å²) >= 11 is 0. The summed E-state index contributed by atoms with van der Waals surface area (Å²) in [4.78, 5) is 24.1. The van der Waals surface area contributed by atoms with Crippen molar-refractivity contribution in [2.45, 2.75) is 65.0 Å². The van der Waals surface area contributed by atoms with Crippen molar-refractivity contribution in [2.24, 2.45) is 7.05 Å². The first kappa shape index (κ1) is 24.3. The molecule has 3 rings (SSSR count). The second kappa shape index (κ2) is 10.5. The van der Waals surface area contributed by atoms with Gasteiger partial charge in [0.15, 0.2) is 0 Å². The third kappa shape index (κ3) is 6.12. The number of aliphatic carboxylic acids is 1. The van der Waals surface area contributed by atoms with Crippen molar-refractivity contribution < 1.29 is 14.6 Å². The molecule has 0 saturated heterocycles. The number of hydrogen-bond donors (Lipinski definition) is 1. The fraction of sp³-hybridized carbons (Fsp3) is 0.423. The standard InChI is InChI=1S/C26H33N3O4/c1-5-17-26(3,24(30)31)33-22-15-13-20(14-16-22)7-6-8-23-27-29(25(32)28(23)4)18-21-11-9-19(2)10-12-21/h9-16H,5-8,17-18H2,1-4H3,(H,30,31). The normalized spacial score (nSPS) is 13.0. The van der Waals surface area contributed by atoms with Crippen LogP contribution < -0.4 is 10.4 Å². The van der Waals surface area contributed by atoms with Crippen molar-refractivity contribution in [1.29, 1.82) is 0 Å². The molecular weight excluding hydrogens is 418 g/mol. The van der Waals surface area contributed by atoms with Gasteiger partial charge in [0.2, 0.25) is 5.60 Å². The van der Waals surface area contributed by atoms with Gasteiger partial charge in [-0.15, -0.1) is 0 Å². The average Bonchev–Trinajstić information content (AvgIpc) is 3.04. The minimum absolute atomic E-state index is 0.111. The lowest BCUT2D eigenvalue weighted by atomic mass is 10.0. The Morgan fingerprint density at radius 3 is 2.30 bits per heavy atom. The molecule has 0 aliphatic rings. The molecule has 176 valence electrons. The number of carbonyl (C=O) groups is 1. The van der Waals surface area contributed by atoms with Gasteiger partial charge >= 0.3 is 11.7 Å². The Morgan fingerprint density at radius 2 is 1.70 bits per heavy atom. The van der Waals surface area contributed by atoms with Crippen LogP contribution in [0.5, 0.6) is 5.75 Å². The van der Waals surface area contributed by atoms with E-state index in [4.69, 9.17) is 4.74 Å². The Bertz CT molecular complexity index is 1130. The lowest BCUT2D eigenvalue weighted by Gasteiger charge is -2.26. The van der Waals surface area contributed by atoms with Crippen molar-refractivity contribution in [2.75, 3.05) is 0 Å². The molecule has 0 aliphatic heterocycles. The Kier molecular flexibility index (Phi) is 7.74. The van der Waals surface area contributed by atoms with E-state index in [1.165, 1.54) is 10.2 Å². The van der Waals surface area contributed by atoms with Crippen molar-refractivity contribution in [3.05, 3.63) is 81.5 Å². The minimum Gasteiger partial charge on any atom is -0.478 e. The lowest BCUT2D eigenvalue weighted by molar-refractivity contribution is -0.154. The first-order chi connectivity index (χ1) is 15.7. The molecule has 0 bridgehead atoms. The van der Waals surface area contributed by atoms with E-state index in [-0.39, 0.29) is 5.69 Å². The maximum absolute atomic E-state index is 12.5. The fourth-order valence-corrected chi connectivity index (χ4v) is 3.83. The van der Waals surface area contributed by atoms with Crippen molar-refractivity contribution >= 4 is 5.97 Å². The molecule has 7 nitrogen and oxygen atoms in total. The number of nitrogens with zero attached hydrogens (tertiary/aromatic N) is 3. The highest BCUT2D eigenvalue weighted by Gasteiger charge is 2.34. The van der Waals surface area contributed by atoms with Crippen molar-refractivity contribution in [3.8, 4) is 5.75 Å². The molecule has 1 N–H and O–H groups in total. The first-order valence-corrected chi connectivity index (χ1v) is 11.4. The third-order valence-electron chi connectivity index (χ3n) is 5.90. The largest absolute Gasteiger partial charge is 0.478 e. The van der Waals surface area contributed by atoms with Crippen molar-refractivity contribution in [3.63, 3.8) is 0 Å². The van der Waals surface area contributed by atoms with Gasteiger partial charge < -0.3 is 9.84 Å². The molecule has 1 unspecified atom stereocenters. The summed E-state index contributed by atoms with van der Waals surface area (Å²) in [6.07, 6.45) is 3.53. The summed E-state index contributed by atoms with van der Waals surface area (Å²) < 4.78 is 8.90. The van der Waals surface area contributed by atoms with Crippen LogP contribution >= 0.6 is 0 Å². The lowest BCUT2D eigenvalue weighted by Crippen LogP contribution is -2.41. The second-order valence-corrected chi connectivity index (χ2v) is 8.79. The van der Waals surface area contributed by atoms with Crippen LogP contribution in [0.1, 0.15) is 55.6 Å². The summed E-state index contributed by atoms with van der Waals surface area (Å²) in [6, 6.07) is 15.7. The molecule has 1 heterocycles. The van der Waals surface area contributed by atoms with Gasteiger partial charge in [-0.05, 0) is 56.4 Å². The van der Waals surface area contributed by atoms with Crippen LogP contribution in [-0.4, -0.2) is 31.0 Å². The maximum atomic E-state index is 12.5. The summed E-state index contributed by atoms with van der Waals surface area (Å²) in [5, 5.41) is 14.0. The monoisotopic (exact) mass is 451 g/mol. The number of hydrogen-bond acceptors (Lipinski definition) is 4. The van der Waals surface area contributed by atoms with Crippen LogP contribution in [0.15, 0.2) is 53.3 Å². The number of aryl methyl sites for hydroxylation is 3. The molecular formula is C26H33N3O4. The van der Waals surface area contributed by atoms with E-state index in [0.717, 1.165) is 36.2 Å².